The number of amides is 3. The number of aryl methyl sites for hydroxylation is 1. The maximum absolute atomic E-state index is 12.5. The molecule has 21 nitrogen and oxygen atoms in total. The van der Waals surface area contributed by atoms with E-state index in [2.05, 4.69) is 25.1 Å². The lowest BCUT2D eigenvalue weighted by Crippen LogP contribution is -2.40. The number of aromatic nitrogens is 5. The van der Waals surface area contributed by atoms with E-state index in [0.29, 0.717) is 4.68 Å². The first kappa shape index (κ1) is 40.8. The number of rotatable bonds is 10. The van der Waals surface area contributed by atoms with E-state index >= 15 is 0 Å². The number of ether oxygens (including phenoxy) is 4. The topological polar surface area (TPSA) is 275 Å². The van der Waals surface area contributed by atoms with Crippen LogP contribution in [0.25, 0.3) is 0 Å². The minimum Gasteiger partial charge on any atom is -0.481 e. The van der Waals surface area contributed by atoms with E-state index in [9.17, 15) is 40.8 Å². The molecule has 0 saturated carbocycles. The fourth-order valence-corrected chi connectivity index (χ4v) is 7.69. The third kappa shape index (κ3) is 9.59. The molecule has 0 atom stereocenters. The molecule has 0 bridgehead atoms. The standard InChI is InChI=1S/C15H15ClN4O6S.C12H14N4O7S2/c1-3-26-13(21)9-6-4-5-7-10(9)27(23,24)20-15(22)19-14-17-11(16)8-12(18-14)25-2;1-6-8(7(5-24-6)9(17)22-3)25(20,21)14-10(18)16-12(19)15(2)11(13-16)23-4/h4-8H,3H2,1-2H3,(H2,17,18,19,20,22);5H,1-4H3,(H,14,18). The van der Waals surface area contributed by atoms with Crippen molar-refractivity contribution in [2.45, 2.75) is 23.6 Å². The number of carbonyl (C=O) groups is 4. The van der Waals surface area contributed by atoms with Gasteiger partial charge in [0.1, 0.15) is 14.9 Å². The van der Waals surface area contributed by atoms with Crippen LogP contribution in [0.15, 0.2) is 50.3 Å². The Labute approximate surface area is 303 Å². The lowest BCUT2D eigenvalue weighted by Gasteiger charge is -2.11. The number of benzene rings is 1. The summed E-state index contributed by atoms with van der Waals surface area (Å²) in [6.07, 6.45) is 0. The molecule has 0 aliphatic carbocycles. The molecule has 3 amide bonds. The fraction of sp³-hybridized carbons (Fsp3) is 0.259. The Hall–Kier alpha value is -5.59. The number of anilines is 1. The van der Waals surface area contributed by atoms with Crippen LogP contribution in [0.4, 0.5) is 15.5 Å². The van der Waals surface area contributed by atoms with Crippen molar-refractivity contribution in [1.29, 1.82) is 0 Å². The van der Waals surface area contributed by atoms with Crippen molar-refractivity contribution in [1.82, 2.24) is 33.8 Å². The third-order valence-corrected chi connectivity index (χ3v) is 10.3. The van der Waals surface area contributed by atoms with Crippen molar-refractivity contribution in [3.05, 3.63) is 67.4 Å². The van der Waals surface area contributed by atoms with E-state index in [1.165, 1.54) is 63.9 Å². The predicted molar refractivity (Wildman–Crippen MR) is 181 cm³/mol. The van der Waals surface area contributed by atoms with Crippen LogP contribution in [0.3, 0.4) is 0 Å². The van der Waals surface area contributed by atoms with E-state index in [4.69, 9.17) is 25.8 Å². The molecule has 4 aromatic rings. The van der Waals surface area contributed by atoms with Crippen molar-refractivity contribution in [3.8, 4) is 11.9 Å². The number of nitrogens with zero attached hydrogens (tertiary/aromatic N) is 5. The number of urea groups is 1. The zero-order valence-electron chi connectivity index (χ0n) is 27.8. The van der Waals surface area contributed by atoms with Gasteiger partial charge in [0.2, 0.25) is 11.8 Å². The summed E-state index contributed by atoms with van der Waals surface area (Å²) >= 11 is 6.75. The predicted octanol–water partition coefficient (Wildman–Crippen LogP) is 1.52. The van der Waals surface area contributed by atoms with Crippen LogP contribution >= 0.6 is 22.9 Å². The number of hydrogen-bond acceptors (Lipinski definition) is 17. The van der Waals surface area contributed by atoms with Gasteiger partial charge in [-0.3, -0.25) is 5.32 Å². The number of sulfonamides is 2. The van der Waals surface area contributed by atoms with Crippen LogP contribution in [-0.4, -0.2) is 93.1 Å². The normalized spacial score (nSPS) is 11.0. The van der Waals surface area contributed by atoms with Crippen molar-refractivity contribution in [3.63, 3.8) is 0 Å². The molecule has 52 heavy (non-hydrogen) atoms. The van der Waals surface area contributed by atoms with Crippen LogP contribution in [0.1, 0.15) is 32.5 Å². The van der Waals surface area contributed by atoms with E-state index in [0.717, 1.165) is 23.0 Å². The number of hydrogen-bond donors (Lipinski definition) is 3. The first-order valence-electron chi connectivity index (χ1n) is 14.0. The van der Waals surface area contributed by atoms with E-state index < -0.39 is 59.5 Å². The first-order chi connectivity index (χ1) is 24.4. The maximum Gasteiger partial charge on any atom is 0.360 e. The van der Waals surface area contributed by atoms with Crippen LogP contribution in [-0.2, 0) is 36.6 Å². The van der Waals surface area contributed by atoms with Crippen molar-refractivity contribution >= 4 is 72.9 Å². The third-order valence-electron chi connectivity index (χ3n) is 6.13. The van der Waals surface area contributed by atoms with Crippen LogP contribution in [0.2, 0.25) is 5.15 Å². The van der Waals surface area contributed by atoms with Crippen LogP contribution in [0.5, 0.6) is 11.9 Å². The Balaban J connectivity index is 0.000000281. The molecule has 4 rings (SSSR count). The fourth-order valence-electron chi connectivity index (χ4n) is 3.91. The van der Waals surface area contributed by atoms with Crippen LogP contribution in [0, 0.1) is 6.92 Å². The summed E-state index contributed by atoms with van der Waals surface area (Å²) in [6.45, 7) is 3.11. The van der Waals surface area contributed by atoms with Gasteiger partial charge in [0, 0.05) is 23.4 Å². The summed E-state index contributed by atoms with van der Waals surface area (Å²) in [4.78, 5) is 66.7. The molecule has 25 heteroatoms. The summed E-state index contributed by atoms with van der Waals surface area (Å²) in [7, 11) is -3.87. The highest BCUT2D eigenvalue weighted by molar-refractivity contribution is 7.90. The van der Waals surface area contributed by atoms with E-state index in [1.54, 1.807) is 16.4 Å². The number of halogens is 1. The number of esters is 2. The lowest BCUT2D eigenvalue weighted by atomic mass is 10.2. The molecular formula is C27H29ClN8O13S3. The van der Waals surface area contributed by atoms with Gasteiger partial charge in [0.05, 0.1) is 39.1 Å². The van der Waals surface area contributed by atoms with Crippen LogP contribution < -0.4 is 29.9 Å². The Morgan fingerprint density at radius 3 is 2.21 bits per heavy atom. The molecule has 0 radical (unpaired) electrons. The molecule has 0 spiro atoms. The Bertz CT molecular complexity index is 2290. The molecule has 1 aromatic carbocycles. The highest BCUT2D eigenvalue weighted by Gasteiger charge is 2.31. The van der Waals surface area contributed by atoms with Gasteiger partial charge in [-0.25, -0.2) is 59.8 Å². The SMILES string of the molecule is CCOC(=O)c1ccccc1S(=O)(=O)NC(=O)Nc1nc(Cl)cc(OC)n1.COC(=O)c1csc(C)c1S(=O)(=O)NC(=O)n1nc(OC)n(C)c1=O. The number of methoxy groups -OCH3 is 3. The summed E-state index contributed by atoms with van der Waals surface area (Å²) < 4.78 is 73.7. The zero-order chi connectivity index (χ0) is 39.0. The molecule has 0 aliphatic rings. The molecule has 280 valence electrons. The Kier molecular flexibility index (Phi) is 13.4. The van der Waals surface area contributed by atoms with Gasteiger partial charge in [-0.1, -0.05) is 23.7 Å². The van der Waals surface area contributed by atoms with Gasteiger partial charge in [-0.15, -0.1) is 21.1 Å². The molecule has 3 heterocycles. The van der Waals surface area contributed by atoms with E-state index in [1.807, 2.05) is 0 Å². The Morgan fingerprint density at radius 2 is 1.62 bits per heavy atom. The molecule has 3 aromatic heterocycles. The molecule has 0 aliphatic heterocycles. The first-order valence-corrected chi connectivity index (χ1v) is 18.2. The van der Waals surface area contributed by atoms with Crippen molar-refractivity contribution in [2.24, 2.45) is 7.05 Å². The summed E-state index contributed by atoms with van der Waals surface area (Å²) in [5.41, 5.74) is -1.32. The minimum absolute atomic E-state index is 0.0207. The highest BCUT2D eigenvalue weighted by atomic mass is 35.5. The van der Waals surface area contributed by atoms with Gasteiger partial charge in [0.25, 0.3) is 20.0 Å². The Morgan fingerprint density at radius 1 is 0.942 bits per heavy atom. The second-order valence-corrected chi connectivity index (χ2v) is 14.3. The summed E-state index contributed by atoms with van der Waals surface area (Å²) in [5, 5.41) is 6.97. The second kappa shape index (κ2) is 17.1. The zero-order valence-corrected chi connectivity index (χ0v) is 31.0. The van der Waals surface area contributed by atoms with Gasteiger partial charge >= 0.3 is 35.7 Å². The second-order valence-electron chi connectivity index (χ2n) is 9.51. The van der Waals surface area contributed by atoms with Gasteiger partial charge in [0.15, 0.2) is 0 Å². The van der Waals surface area contributed by atoms with Crippen molar-refractivity contribution < 1.29 is 55.0 Å². The number of carbonyl (C=O) groups excluding carboxylic acids is 4. The smallest absolute Gasteiger partial charge is 0.360 e. The summed E-state index contributed by atoms with van der Waals surface area (Å²) in [5.74, 6) is -1.90. The van der Waals surface area contributed by atoms with Crippen molar-refractivity contribution in [2.75, 3.05) is 33.3 Å². The van der Waals surface area contributed by atoms with Gasteiger partial charge in [-0.2, -0.15) is 4.98 Å². The molecular weight excluding hydrogens is 776 g/mol. The highest BCUT2D eigenvalue weighted by Crippen LogP contribution is 2.27. The number of thiophene rings is 1. The largest absolute Gasteiger partial charge is 0.481 e. The monoisotopic (exact) mass is 804 g/mol. The maximum atomic E-state index is 12.5. The molecule has 0 unspecified atom stereocenters. The minimum atomic E-state index is -4.45. The van der Waals surface area contributed by atoms with E-state index in [-0.39, 0.29) is 45.6 Å². The van der Waals surface area contributed by atoms with Gasteiger partial charge < -0.3 is 18.9 Å². The molecule has 0 saturated heterocycles. The summed E-state index contributed by atoms with van der Waals surface area (Å²) in [6, 6.07) is 3.97. The quantitative estimate of drug-likeness (QED) is 0.151. The average Bonchev–Trinajstić information content (AvgIpc) is 3.62. The molecule has 0 fully saturated rings. The number of nitrogens with one attached hydrogen (secondary N) is 3. The average molecular weight is 805 g/mol. The molecule has 3 N–H and O–H groups in total. The lowest BCUT2D eigenvalue weighted by molar-refractivity contribution is 0.0520. The van der Waals surface area contributed by atoms with Gasteiger partial charge in [-0.05, 0) is 26.0 Å².